The summed E-state index contributed by atoms with van der Waals surface area (Å²) in [5.74, 6) is -0.432. The summed E-state index contributed by atoms with van der Waals surface area (Å²) in [5.41, 5.74) is 7.81. The number of aryl methyl sites for hydroxylation is 4. The Morgan fingerprint density at radius 1 is 1.02 bits per heavy atom. The SMILES string of the molecule is Cc1nn(C)c(C)c1-c1c(Cl)ccc2c(CCCOc3ccc(Cl)cc3)c3n(c12)[C@H](C)CN(c1cn(C)c2ccc(C(=O)O)cc12)C3=O. The van der Waals surface area contributed by atoms with Crippen LogP contribution in [0.3, 0.4) is 0 Å². The molecule has 0 radical (unpaired) electrons. The fraction of sp³-hybridized carbons (Fsp3) is 0.270. The van der Waals surface area contributed by atoms with E-state index in [1.807, 2.05) is 67.7 Å². The van der Waals surface area contributed by atoms with Crippen LogP contribution < -0.4 is 9.64 Å². The molecular weight excluding hydrogens is 649 g/mol. The van der Waals surface area contributed by atoms with Crippen LogP contribution in [0.15, 0.2) is 60.8 Å². The van der Waals surface area contributed by atoms with E-state index in [2.05, 4.69) is 16.6 Å². The number of carbonyl (C=O) groups excluding carboxylic acids is 1. The zero-order chi connectivity index (χ0) is 34.0. The maximum Gasteiger partial charge on any atom is 0.335 e. The maximum atomic E-state index is 14.9. The van der Waals surface area contributed by atoms with E-state index in [0.717, 1.165) is 50.2 Å². The summed E-state index contributed by atoms with van der Waals surface area (Å²) in [6, 6.07) is 16.1. The fourth-order valence-corrected chi connectivity index (χ4v) is 7.57. The number of hydrogen-bond donors (Lipinski definition) is 1. The van der Waals surface area contributed by atoms with Crippen molar-refractivity contribution >= 4 is 62.6 Å². The highest BCUT2D eigenvalue weighted by molar-refractivity contribution is 6.35. The van der Waals surface area contributed by atoms with Crippen LogP contribution in [-0.4, -0.2) is 49.0 Å². The lowest BCUT2D eigenvalue weighted by Crippen LogP contribution is -2.42. The Labute approximate surface area is 287 Å². The molecular formula is C37H35Cl2N5O4. The van der Waals surface area contributed by atoms with Crippen LogP contribution in [0.1, 0.15) is 57.2 Å². The third-order valence-electron chi connectivity index (χ3n) is 9.47. The van der Waals surface area contributed by atoms with Crippen LogP contribution in [-0.2, 0) is 20.5 Å². The highest BCUT2D eigenvalue weighted by Gasteiger charge is 2.37. The summed E-state index contributed by atoms with van der Waals surface area (Å²) >= 11 is 13.1. The van der Waals surface area contributed by atoms with Gasteiger partial charge in [-0.2, -0.15) is 5.10 Å². The van der Waals surface area contributed by atoms with Crippen LogP contribution in [0.4, 0.5) is 5.69 Å². The molecule has 0 unspecified atom stereocenters. The number of carbonyl (C=O) groups is 2. The number of nitrogens with zero attached hydrogens (tertiary/aromatic N) is 5. The standard InChI is InChI=1S/C37H35Cl2N5O4/c1-20-18-43(31-19-41(4)30-15-8-23(37(46)47)17-28(30)31)36(45)35-26(7-6-16-48-25-11-9-24(38)10-12-25)27-13-14-29(39)33(34(27)44(20)35)32-21(2)40-42(5)22(32)3/h8-15,17,19-20H,6-7,16,18H2,1-5H3,(H,46,47)/t20-/m1/s1. The van der Waals surface area contributed by atoms with Gasteiger partial charge in [0.15, 0.2) is 0 Å². The molecule has 246 valence electrons. The molecule has 1 N–H and O–H groups in total. The van der Waals surface area contributed by atoms with Gasteiger partial charge in [0.05, 0.1) is 34.1 Å². The lowest BCUT2D eigenvalue weighted by molar-refractivity contribution is 0.0696. The first-order valence-electron chi connectivity index (χ1n) is 15.8. The number of hydrogen-bond acceptors (Lipinski definition) is 4. The number of anilines is 1. The summed E-state index contributed by atoms with van der Waals surface area (Å²) < 4.78 is 12.0. The van der Waals surface area contributed by atoms with Crippen LogP contribution in [0.2, 0.25) is 10.0 Å². The molecule has 0 bridgehead atoms. The monoisotopic (exact) mass is 683 g/mol. The Hall–Kier alpha value is -4.73. The van der Waals surface area contributed by atoms with E-state index in [0.29, 0.717) is 52.8 Å². The van der Waals surface area contributed by atoms with E-state index < -0.39 is 5.97 Å². The van der Waals surface area contributed by atoms with Crippen molar-refractivity contribution in [2.45, 2.75) is 39.7 Å². The van der Waals surface area contributed by atoms with Crippen LogP contribution >= 0.6 is 23.2 Å². The molecule has 0 saturated carbocycles. The van der Waals surface area contributed by atoms with Crippen LogP contribution in [0, 0.1) is 13.8 Å². The van der Waals surface area contributed by atoms with E-state index in [1.54, 1.807) is 35.2 Å². The molecule has 3 aromatic carbocycles. The first kappa shape index (κ1) is 31.8. The van der Waals surface area contributed by atoms with Crippen molar-refractivity contribution in [2.24, 2.45) is 14.1 Å². The molecule has 6 aromatic rings. The number of fused-ring (bicyclic) bond motifs is 4. The van der Waals surface area contributed by atoms with Gasteiger partial charge in [-0.25, -0.2) is 4.79 Å². The third-order valence-corrected chi connectivity index (χ3v) is 10.0. The highest BCUT2D eigenvalue weighted by atomic mass is 35.5. The number of aromatic nitrogens is 4. The molecule has 1 aliphatic rings. The van der Waals surface area contributed by atoms with Crippen molar-refractivity contribution in [3.8, 4) is 16.9 Å². The molecule has 0 aliphatic carbocycles. The molecule has 0 saturated heterocycles. The smallest absolute Gasteiger partial charge is 0.335 e. The zero-order valence-electron chi connectivity index (χ0n) is 27.3. The topological polar surface area (TPSA) is 94.5 Å². The summed E-state index contributed by atoms with van der Waals surface area (Å²) in [6.07, 6.45) is 3.16. The van der Waals surface area contributed by atoms with E-state index >= 15 is 0 Å². The van der Waals surface area contributed by atoms with Gasteiger partial charge in [-0.15, -0.1) is 0 Å². The summed E-state index contributed by atoms with van der Waals surface area (Å²) in [7, 11) is 3.82. The summed E-state index contributed by atoms with van der Waals surface area (Å²) in [5, 5.41) is 17.3. The number of halogens is 2. The molecule has 9 nitrogen and oxygen atoms in total. The van der Waals surface area contributed by atoms with Crippen molar-refractivity contribution in [3.05, 3.63) is 99.0 Å². The average molecular weight is 685 g/mol. The molecule has 1 atom stereocenters. The number of benzene rings is 3. The first-order valence-corrected chi connectivity index (χ1v) is 16.6. The predicted octanol–water partition coefficient (Wildman–Crippen LogP) is 8.39. The minimum atomic E-state index is -1.02. The molecule has 7 rings (SSSR count). The Kier molecular flexibility index (Phi) is 8.00. The van der Waals surface area contributed by atoms with Gasteiger partial charge in [-0.3, -0.25) is 9.48 Å². The quantitative estimate of drug-likeness (QED) is 0.163. The molecule has 4 heterocycles. The van der Waals surface area contributed by atoms with Gasteiger partial charge < -0.3 is 23.9 Å². The second-order valence-corrected chi connectivity index (χ2v) is 13.4. The van der Waals surface area contributed by atoms with Gasteiger partial charge in [-0.1, -0.05) is 29.3 Å². The number of aromatic carboxylic acids is 1. The van der Waals surface area contributed by atoms with E-state index in [-0.39, 0.29) is 17.5 Å². The minimum Gasteiger partial charge on any atom is -0.494 e. The predicted molar refractivity (Wildman–Crippen MR) is 190 cm³/mol. The van der Waals surface area contributed by atoms with Gasteiger partial charge in [0, 0.05) is 71.0 Å². The van der Waals surface area contributed by atoms with Crippen molar-refractivity contribution in [2.75, 3.05) is 18.1 Å². The first-order chi connectivity index (χ1) is 23.0. The zero-order valence-corrected chi connectivity index (χ0v) is 28.9. The van der Waals surface area contributed by atoms with E-state index in [9.17, 15) is 14.7 Å². The van der Waals surface area contributed by atoms with E-state index in [4.69, 9.17) is 27.9 Å². The van der Waals surface area contributed by atoms with Gasteiger partial charge in [0.2, 0.25) is 0 Å². The number of amides is 1. The lowest BCUT2D eigenvalue weighted by Gasteiger charge is -2.34. The van der Waals surface area contributed by atoms with Gasteiger partial charge >= 0.3 is 5.97 Å². The lowest BCUT2D eigenvalue weighted by atomic mass is 9.98. The Bertz CT molecular complexity index is 2260. The van der Waals surface area contributed by atoms with Gasteiger partial charge in [-0.05, 0) is 87.7 Å². The molecule has 11 heteroatoms. The largest absolute Gasteiger partial charge is 0.494 e. The van der Waals surface area contributed by atoms with E-state index in [1.165, 1.54) is 0 Å². The second-order valence-electron chi connectivity index (χ2n) is 12.5. The second kappa shape index (κ2) is 12.1. The molecule has 0 spiro atoms. The van der Waals surface area contributed by atoms with Crippen molar-refractivity contribution in [3.63, 3.8) is 0 Å². The fourth-order valence-electron chi connectivity index (χ4n) is 7.20. The van der Waals surface area contributed by atoms with Gasteiger partial charge in [0.25, 0.3) is 5.91 Å². The van der Waals surface area contributed by atoms with Crippen molar-refractivity contribution in [1.29, 1.82) is 0 Å². The number of carboxylic acid groups (broad SMARTS) is 1. The number of ether oxygens (including phenoxy) is 1. The Morgan fingerprint density at radius 3 is 2.46 bits per heavy atom. The molecule has 1 amide bonds. The van der Waals surface area contributed by atoms with Crippen LogP contribution in [0.5, 0.6) is 5.75 Å². The molecule has 0 fully saturated rings. The minimum absolute atomic E-state index is 0.133. The third kappa shape index (κ3) is 5.13. The maximum absolute atomic E-state index is 14.9. The normalized spacial score (nSPS) is 14.7. The van der Waals surface area contributed by atoms with Crippen LogP contribution in [0.25, 0.3) is 32.9 Å². The van der Waals surface area contributed by atoms with Crippen molar-refractivity contribution < 1.29 is 19.4 Å². The molecule has 3 aromatic heterocycles. The number of carboxylic acids is 1. The molecule has 48 heavy (non-hydrogen) atoms. The summed E-state index contributed by atoms with van der Waals surface area (Å²) in [6.45, 7) is 6.96. The molecule has 1 aliphatic heterocycles. The van der Waals surface area contributed by atoms with Crippen molar-refractivity contribution in [1.82, 2.24) is 18.9 Å². The van der Waals surface area contributed by atoms with Gasteiger partial charge in [0.1, 0.15) is 11.4 Å². The summed E-state index contributed by atoms with van der Waals surface area (Å²) in [4.78, 5) is 28.6. The Morgan fingerprint density at radius 2 is 1.77 bits per heavy atom. The highest BCUT2D eigenvalue weighted by Crippen LogP contribution is 2.45. The average Bonchev–Trinajstić information content (AvgIpc) is 3.66. The number of rotatable bonds is 8. The Balaban J connectivity index is 1.39.